The predicted octanol–water partition coefficient (Wildman–Crippen LogP) is 0.944. The Balaban J connectivity index is 2.50. The molecule has 0 saturated heterocycles. The smallest absolute Gasteiger partial charge is 0.266 e. The van der Waals surface area contributed by atoms with Crippen LogP contribution in [-0.2, 0) is 6.54 Å². The molecule has 0 fully saturated rings. The highest BCUT2D eigenvalue weighted by Crippen LogP contribution is 1.85. The lowest BCUT2D eigenvalue weighted by atomic mass is 10.4. The van der Waals surface area contributed by atoms with Crippen molar-refractivity contribution >= 4 is 0 Å². The second-order valence-corrected chi connectivity index (χ2v) is 2.39. The van der Waals surface area contributed by atoms with Gasteiger partial charge in [-0.05, 0) is 18.0 Å². The fourth-order valence-corrected chi connectivity index (χ4v) is 0.891. The van der Waals surface area contributed by atoms with Gasteiger partial charge in [-0.25, -0.2) is 4.68 Å². The lowest BCUT2D eigenvalue weighted by Gasteiger charge is -1.99. The zero-order valence-electron chi connectivity index (χ0n) is 7.00. The van der Waals surface area contributed by atoms with Gasteiger partial charge in [0.25, 0.3) is 5.56 Å². The number of aromatic nitrogens is 2. The molecule has 0 aliphatic heterocycles. The van der Waals surface area contributed by atoms with Gasteiger partial charge >= 0.3 is 0 Å². The molecule has 13 heavy (non-hydrogen) atoms. The van der Waals surface area contributed by atoms with Gasteiger partial charge in [0.1, 0.15) is 0 Å². The first kappa shape index (κ1) is 9.28. The Morgan fingerprint density at radius 3 is 3.23 bits per heavy atom. The molecule has 0 amide bonds. The van der Waals surface area contributed by atoms with Crippen molar-refractivity contribution in [2.45, 2.75) is 13.0 Å². The highest BCUT2D eigenvalue weighted by molar-refractivity contribution is 4.84. The maximum atomic E-state index is 11.1. The van der Waals surface area contributed by atoms with Crippen LogP contribution < -0.4 is 5.56 Å². The zero-order valence-corrected chi connectivity index (χ0v) is 7.00. The van der Waals surface area contributed by atoms with Gasteiger partial charge in [0.15, 0.2) is 0 Å². The third-order valence-corrected chi connectivity index (χ3v) is 1.48. The molecule has 1 rings (SSSR count). The Morgan fingerprint density at radius 2 is 2.54 bits per heavy atom. The quantitative estimate of drug-likeness (QED) is 0.298. The van der Waals surface area contributed by atoms with E-state index in [9.17, 15) is 4.79 Å². The molecule has 0 radical (unpaired) electrons. The summed E-state index contributed by atoms with van der Waals surface area (Å²) in [6.07, 6.45) is 2.18. The minimum atomic E-state index is -0.136. The summed E-state index contributed by atoms with van der Waals surface area (Å²) >= 11 is 0. The van der Waals surface area contributed by atoms with E-state index in [1.54, 1.807) is 12.3 Å². The zero-order chi connectivity index (χ0) is 9.52. The van der Waals surface area contributed by atoms with Crippen molar-refractivity contribution in [3.8, 4) is 0 Å². The predicted molar refractivity (Wildman–Crippen MR) is 47.1 cm³/mol. The van der Waals surface area contributed by atoms with Crippen LogP contribution in [0.1, 0.15) is 6.42 Å². The number of azide groups is 1. The van der Waals surface area contributed by atoms with Crippen LogP contribution >= 0.6 is 0 Å². The van der Waals surface area contributed by atoms with Crippen LogP contribution in [0.25, 0.3) is 10.4 Å². The molecule has 6 heteroatoms. The standard InChI is InChI=1S/C7H9N5O/c8-11-9-4-2-6-12-7(13)3-1-5-10-12/h1,3,5H,2,4,6H2. The minimum absolute atomic E-state index is 0.136. The molecule has 0 atom stereocenters. The molecule has 0 unspecified atom stereocenters. The minimum Gasteiger partial charge on any atom is -0.268 e. The van der Waals surface area contributed by atoms with E-state index in [-0.39, 0.29) is 5.56 Å². The molecule has 1 aromatic rings. The van der Waals surface area contributed by atoms with Gasteiger partial charge in [0, 0.05) is 30.3 Å². The van der Waals surface area contributed by atoms with E-state index in [1.807, 2.05) is 0 Å². The average molecular weight is 179 g/mol. The number of rotatable bonds is 4. The highest BCUT2D eigenvalue weighted by Gasteiger charge is 1.93. The van der Waals surface area contributed by atoms with E-state index in [0.29, 0.717) is 19.5 Å². The van der Waals surface area contributed by atoms with Gasteiger partial charge < -0.3 is 0 Å². The number of aryl methyl sites for hydroxylation is 1. The lowest BCUT2D eigenvalue weighted by Crippen LogP contribution is -2.21. The van der Waals surface area contributed by atoms with Gasteiger partial charge in [-0.1, -0.05) is 5.11 Å². The van der Waals surface area contributed by atoms with Crippen LogP contribution in [0.2, 0.25) is 0 Å². The molecule has 0 saturated carbocycles. The summed E-state index contributed by atoms with van der Waals surface area (Å²) in [6, 6.07) is 3.03. The fraction of sp³-hybridized carbons (Fsp3) is 0.429. The number of hydrogen-bond donors (Lipinski definition) is 0. The van der Waals surface area contributed by atoms with E-state index < -0.39 is 0 Å². The van der Waals surface area contributed by atoms with Crippen molar-refractivity contribution in [2.75, 3.05) is 6.54 Å². The lowest BCUT2D eigenvalue weighted by molar-refractivity contribution is 0.553. The molecule has 0 aliphatic carbocycles. The first-order valence-corrected chi connectivity index (χ1v) is 3.87. The summed E-state index contributed by atoms with van der Waals surface area (Å²) in [5.41, 5.74) is 7.86. The Morgan fingerprint density at radius 1 is 1.69 bits per heavy atom. The van der Waals surface area contributed by atoms with Gasteiger partial charge in [-0.15, -0.1) is 0 Å². The van der Waals surface area contributed by atoms with Crippen LogP contribution in [0, 0.1) is 0 Å². The van der Waals surface area contributed by atoms with Crippen LogP contribution in [0.4, 0.5) is 0 Å². The molecule has 1 aromatic heterocycles. The van der Waals surface area contributed by atoms with Crippen LogP contribution in [-0.4, -0.2) is 16.3 Å². The summed E-state index contributed by atoms with van der Waals surface area (Å²) in [6.45, 7) is 0.873. The maximum absolute atomic E-state index is 11.1. The van der Waals surface area contributed by atoms with Gasteiger partial charge in [-0.2, -0.15) is 5.10 Å². The number of hydrogen-bond acceptors (Lipinski definition) is 3. The Hall–Kier alpha value is -1.81. The monoisotopic (exact) mass is 179 g/mol. The van der Waals surface area contributed by atoms with Crippen LogP contribution in [0.5, 0.6) is 0 Å². The first-order valence-electron chi connectivity index (χ1n) is 3.87. The molecule has 6 nitrogen and oxygen atoms in total. The molecule has 0 aromatic carbocycles. The molecule has 0 spiro atoms. The van der Waals surface area contributed by atoms with E-state index >= 15 is 0 Å². The second kappa shape index (κ2) is 4.95. The van der Waals surface area contributed by atoms with Crippen molar-refractivity contribution in [1.29, 1.82) is 0 Å². The highest BCUT2D eigenvalue weighted by atomic mass is 16.1. The van der Waals surface area contributed by atoms with Crippen molar-refractivity contribution < 1.29 is 0 Å². The molecule has 68 valence electrons. The normalized spacial score (nSPS) is 9.23. The average Bonchev–Trinajstić information content (AvgIpc) is 2.15. The van der Waals surface area contributed by atoms with Crippen LogP contribution in [0.3, 0.4) is 0 Å². The van der Waals surface area contributed by atoms with Crippen LogP contribution in [0.15, 0.2) is 28.2 Å². The molecule has 1 heterocycles. The largest absolute Gasteiger partial charge is 0.268 e. The van der Waals surface area contributed by atoms with Gasteiger partial charge in [0.2, 0.25) is 0 Å². The third kappa shape index (κ3) is 2.96. The van der Waals surface area contributed by atoms with Crippen molar-refractivity contribution in [3.05, 3.63) is 39.1 Å². The molecular weight excluding hydrogens is 170 g/mol. The van der Waals surface area contributed by atoms with E-state index in [1.165, 1.54) is 10.7 Å². The summed E-state index contributed by atoms with van der Waals surface area (Å²) < 4.78 is 1.34. The molecule has 0 N–H and O–H groups in total. The first-order chi connectivity index (χ1) is 6.34. The van der Waals surface area contributed by atoms with E-state index in [2.05, 4.69) is 15.1 Å². The third-order valence-electron chi connectivity index (χ3n) is 1.48. The van der Waals surface area contributed by atoms with Gasteiger partial charge in [0.05, 0.1) is 0 Å². The van der Waals surface area contributed by atoms with Crippen molar-refractivity contribution in [2.24, 2.45) is 5.11 Å². The number of nitrogens with zero attached hydrogens (tertiary/aromatic N) is 5. The molecule has 0 bridgehead atoms. The fourth-order valence-electron chi connectivity index (χ4n) is 0.891. The summed E-state index contributed by atoms with van der Waals surface area (Å²) in [7, 11) is 0. The maximum Gasteiger partial charge on any atom is 0.266 e. The topological polar surface area (TPSA) is 83.7 Å². The Bertz CT molecular complexity index is 365. The van der Waals surface area contributed by atoms with E-state index in [0.717, 1.165) is 0 Å². The van der Waals surface area contributed by atoms with Crippen molar-refractivity contribution in [1.82, 2.24) is 9.78 Å². The SMILES string of the molecule is [N-]=[N+]=NCCCn1ncccc1=O. The summed E-state index contributed by atoms with van der Waals surface area (Å²) in [5, 5.41) is 7.20. The van der Waals surface area contributed by atoms with Crippen molar-refractivity contribution in [3.63, 3.8) is 0 Å². The second-order valence-electron chi connectivity index (χ2n) is 2.39. The Labute approximate surface area is 74.4 Å². The Kier molecular flexibility index (Phi) is 3.53. The molecule has 0 aliphatic rings. The molecular formula is C7H9N5O. The summed E-state index contributed by atoms with van der Waals surface area (Å²) in [4.78, 5) is 13.7. The van der Waals surface area contributed by atoms with E-state index in [4.69, 9.17) is 5.53 Å². The van der Waals surface area contributed by atoms with Gasteiger partial charge in [-0.3, -0.25) is 4.79 Å². The summed E-state index contributed by atoms with van der Waals surface area (Å²) in [5.74, 6) is 0.